The van der Waals surface area contributed by atoms with Crippen LogP contribution in [0.2, 0.25) is 0 Å². The first-order valence-corrected chi connectivity index (χ1v) is 7.76. The Morgan fingerprint density at radius 1 is 1.05 bits per heavy atom. The van der Waals surface area contributed by atoms with Crippen LogP contribution in [0, 0.1) is 0 Å². The highest BCUT2D eigenvalue weighted by Crippen LogP contribution is 2.33. The topological polar surface area (TPSA) is 125 Å². The maximum atomic E-state index is 12.0. The molecule has 0 spiro atoms. The molecular formula is C14H12N2O5S-2. The fraction of sp³-hybridized carbons (Fsp3) is 0.143. The van der Waals surface area contributed by atoms with Gasteiger partial charge < -0.3 is 10.2 Å². The van der Waals surface area contributed by atoms with Gasteiger partial charge in [-0.1, -0.05) is 24.3 Å². The summed E-state index contributed by atoms with van der Waals surface area (Å²) in [5.74, 6) is -0.794. The minimum Gasteiger partial charge on any atom is -0.872 e. The van der Waals surface area contributed by atoms with Crippen LogP contribution in [0.15, 0.2) is 51.5 Å². The molecule has 0 aliphatic rings. The molecule has 2 aromatic carbocycles. The van der Waals surface area contributed by atoms with Crippen LogP contribution in [0.1, 0.15) is 12.5 Å². The van der Waals surface area contributed by atoms with E-state index in [1.54, 1.807) is 6.92 Å². The summed E-state index contributed by atoms with van der Waals surface area (Å²) in [6, 6.07) is 7.55. The Bertz CT molecular complexity index is 814. The monoisotopic (exact) mass is 320 g/mol. The van der Waals surface area contributed by atoms with E-state index >= 15 is 0 Å². The van der Waals surface area contributed by atoms with Gasteiger partial charge in [0.15, 0.2) is 0 Å². The Hall–Kier alpha value is -2.45. The first-order chi connectivity index (χ1) is 10.3. The van der Waals surface area contributed by atoms with Crippen molar-refractivity contribution in [2.75, 3.05) is 0 Å². The van der Waals surface area contributed by atoms with Gasteiger partial charge in [-0.25, -0.2) is 0 Å². The van der Waals surface area contributed by atoms with Crippen LogP contribution in [0.25, 0.3) is 0 Å². The second-order valence-corrected chi connectivity index (χ2v) is 5.83. The third-order valence-corrected chi connectivity index (χ3v) is 3.83. The number of nitrogens with zero attached hydrogens (tertiary/aromatic N) is 2. The van der Waals surface area contributed by atoms with Crippen LogP contribution >= 0.6 is 0 Å². The minimum absolute atomic E-state index is 0.0373. The van der Waals surface area contributed by atoms with Crippen LogP contribution in [0.5, 0.6) is 11.5 Å². The van der Waals surface area contributed by atoms with Crippen LogP contribution < -0.4 is 10.2 Å². The molecular weight excluding hydrogens is 308 g/mol. The Morgan fingerprint density at radius 2 is 1.68 bits per heavy atom. The summed E-state index contributed by atoms with van der Waals surface area (Å²) >= 11 is 0. The van der Waals surface area contributed by atoms with E-state index in [2.05, 4.69) is 10.2 Å². The van der Waals surface area contributed by atoms with E-state index in [1.165, 1.54) is 36.4 Å². The number of azo groups is 1. The molecule has 0 aromatic heterocycles. The van der Waals surface area contributed by atoms with Crippen LogP contribution in [-0.4, -0.2) is 13.0 Å². The molecule has 116 valence electrons. The zero-order valence-electron chi connectivity index (χ0n) is 11.6. The molecule has 0 unspecified atom stereocenters. The minimum atomic E-state index is -4.26. The lowest BCUT2D eigenvalue weighted by atomic mass is 10.1. The molecule has 0 heterocycles. The van der Waals surface area contributed by atoms with E-state index in [1.807, 2.05) is 0 Å². The molecule has 0 amide bonds. The molecule has 0 atom stereocenters. The molecule has 0 saturated heterocycles. The van der Waals surface area contributed by atoms with Crippen molar-refractivity contribution < 1.29 is 23.2 Å². The van der Waals surface area contributed by atoms with Crippen LogP contribution in [-0.2, 0) is 16.5 Å². The van der Waals surface area contributed by atoms with E-state index in [9.17, 15) is 18.6 Å². The van der Waals surface area contributed by atoms with E-state index in [4.69, 9.17) is 4.55 Å². The van der Waals surface area contributed by atoms with Gasteiger partial charge in [-0.2, -0.15) is 18.6 Å². The maximum absolute atomic E-state index is 12.0. The predicted molar refractivity (Wildman–Crippen MR) is 75.1 cm³/mol. The molecule has 0 aliphatic heterocycles. The fourth-order valence-corrected chi connectivity index (χ4v) is 2.29. The molecule has 1 N–H and O–H groups in total. The van der Waals surface area contributed by atoms with Gasteiger partial charge in [0.05, 0.1) is 16.3 Å². The number of hydrogen-bond acceptors (Lipinski definition) is 6. The first-order valence-electron chi connectivity index (χ1n) is 6.32. The van der Waals surface area contributed by atoms with Crippen molar-refractivity contribution in [2.45, 2.75) is 18.2 Å². The molecule has 7 nitrogen and oxygen atoms in total. The van der Waals surface area contributed by atoms with Crippen molar-refractivity contribution in [3.05, 3.63) is 42.0 Å². The highest BCUT2D eigenvalue weighted by molar-refractivity contribution is 7.85. The molecule has 2 aromatic rings. The molecule has 8 heteroatoms. The molecule has 2 rings (SSSR count). The number of hydrogen-bond donors (Lipinski definition) is 1. The highest BCUT2D eigenvalue weighted by atomic mass is 32.2. The molecule has 22 heavy (non-hydrogen) atoms. The maximum Gasteiger partial charge on any atom is 0.294 e. The lowest BCUT2D eigenvalue weighted by Gasteiger charge is -2.21. The Balaban J connectivity index is 2.30. The zero-order valence-corrected chi connectivity index (χ0v) is 12.4. The zero-order chi connectivity index (χ0) is 16.3. The summed E-state index contributed by atoms with van der Waals surface area (Å²) in [5.41, 5.74) is 0.490. The summed E-state index contributed by atoms with van der Waals surface area (Å²) in [6.07, 6.45) is 0.310. The first kappa shape index (κ1) is 15.9. The van der Waals surface area contributed by atoms with Crippen LogP contribution in [0.3, 0.4) is 0 Å². The van der Waals surface area contributed by atoms with E-state index in [-0.39, 0.29) is 21.9 Å². The van der Waals surface area contributed by atoms with Crippen LogP contribution in [0.4, 0.5) is 11.4 Å². The summed E-state index contributed by atoms with van der Waals surface area (Å²) in [7, 11) is -4.26. The van der Waals surface area contributed by atoms with E-state index < -0.39 is 15.9 Å². The lowest BCUT2D eigenvalue weighted by Crippen LogP contribution is -2.02. The van der Waals surface area contributed by atoms with Gasteiger partial charge in [-0.3, -0.25) is 4.55 Å². The van der Waals surface area contributed by atoms with Gasteiger partial charge in [-0.05, 0) is 36.8 Å². The quantitative estimate of drug-likeness (QED) is 0.681. The van der Waals surface area contributed by atoms with Gasteiger partial charge in [-0.15, -0.1) is 5.75 Å². The van der Waals surface area contributed by atoms with Gasteiger partial charge in [0.2, 0.25) is 0 Å². The van der Waals surface area contributed by atoms with Crippen molar-refractivity contribution in [3.63, 3.8) is 0 Å². The SMILES string of the molecule is CCc1c([O-])ccc(N=Nc2ccc(S(=O)(=O)O)cc2)c1[O-]. The normalized spacial score (nSPS) is 11.9. The summed E-state index contributed by atoms with van der Waals surface area (Å²) in [4.78, 5) is -0.264. The molecule has 0 fully saturated rings. The summed E-state index contributed by atoms with van der Waals surface area (Å²) in [5, 5.41) is 31.0. The Morgan fingerprint density at radius 3 is 2.23 bits per heavy atom. The summed E-state index contributed by atoms with van der Waals surface area (Å²) in [6.45, 7) is 1.70. The Kier molecular flexibility index (Phi) is 4.43. The molecule has 0 bridgehead atoms. The lowest BCUT2D eigenvalue weighted by molar-refractivity contribution is -0.281. The van der Waals surface area contributed by atoms with E-state index in [0.717, 1.165) is 0 Å². The third-order valence-electron chi connectivity index (χ3n) is 2.96. The standard InChI is InChI=1S/C14H14N2O5S/c1-2-11-13(17)8-7-12(14(11)18)16-15-9-3-5-10(6-4-9)22(19,20)21/h3-8,17-18H,2H2,1H3,(H,19,20,21)/p-2. The third kappa shape index (κ3) is 3.41. The second-order valence-electron chi connectivity index (χ2n) is 4.41. The summed E-state index contributed by atoms with van der Waals surface area (Å²) < 4.78 is 30.7. The highest BCUT2D eigenvalue weighted by Gasteiger charge is 2.08. The number of rotatable bonds is 4. The van der Waals surface area contributed by atoms with Crippen molar-refractivity contribution in [1.29, 1.82) is 0 Å². The second kappa shape index (κ2) is 6.12. The average molecular weight is 320 g/mol. The van der Waals surface area contributed by atoms with Crippen molar-refractivity contribution in [1.82, 2.24) is 0 Å². The van der Waals surface area contributed by atoms with Crippen molar-refractivity contribution >= 4 is 21.5 Å². The van der Waals surface area contributed by atoms with E-state index in [0.29, 0.717) is 12.1 Å². The fourth-order valence-electron chi connectivity index (χ4n) is 1.81. The molecule has 0 saturated carbocycles. The van der Waals surface area contributed by atoms with Gasteiger partial charge in [0.1, 0.15) is 0 Å². The number of benzene rings is 2. The van der Waals surface area contributed by atoms with Gasteiger partial charge in [0, 0.05) is 0 Å². The van der Waals surface area contributed by atoms with Gasteiger partial charge in [0.25, 0.3) is 10.1 Å². The van der Waals surface area contributed by atoms with Crippen molar-refractivity contribution in [3.8, 4) is 11.5 Å². The van der Waals surface area contributed by atoms with Gasteiger partial charge >= 0.3 is 0 Å². The predicted octanol–water partition coefficient (Wildman–Crippen LogP) is 2.06. The smallest absolute Gasteiger partial charge is 0.294 e. The average Bonchev–Trinajstić information content (AvgIpc) is 2.46. The largest absolute Gasteiger partial charge is 0.872 e. The van der Waals surface area contributed by atoms with Crippen molar-refractivity contribution in [2.24, 2.45) is 10.2 Å². The molecule has 0 radical (unpaired) electrons. The Labute approximate surface area is 127 Å². The molecule has 0 aliphatic carbocycles.